The molecule has 20 heavy (non-hydrogen) atoms. The van der Waals surface area contributed by atoms with E-state index in [0.717, 1.165) is 15.4 Å². The van der Waals surface area contributed by atoms with E-state index in [1.165, 1.54) is 24.5 Å². The Bertz CT molecular complexity index is 648. The third-order valence-corrected chi connectivity index (χ3v) is 4.52. The monoisotopic (exact) mass is 360 g/mol. The number of ether oxygens (including phenoxy) is 1. The maximum absolute atomic E-state index is 13.5. The van der Waals surface area contributed by atoms with Crippen LogP contribution in [0, 0.1) is 15.9 Å². The molecule has 0 fully saturated rings. The minimum Gasteiger partial charge on any atom is -0.494 e. The molecule has 0 unspecified atom stereocenters. The Labute approximate surface area is 126 Å². The van der Waals surface area contributed by atoms with Crippen molar-refractivity contribution in [3.63, 3.8) is 0 Å². The van der Waals surface area contributed by atoms with Crippen molar-refractivity contribution < 1.29 is 14.1 Å². The molecule has 0 saturated heterocycles. The highest BCUT2D eigenvalue weighted by Gasteiger charge is 2.19. The molecule has 0 radical (unpaired) electrons. The summed E-state index contributed by atoms with van der Waals surface area (Å²) in [7, 11) is 1.31. The maximum atomic E-state index is 13.5. The number of thiophene rings is 1. The Morgan fingerprint density at radius 1 is 1.55 bits per heavy atom. The van der Waals surface area contributed by atoms with Gasteiger partial charge in [0.15, 0.2) is 11.6 Å². The Morgan fingerprint density at radius 3 is 2.85 bits per heavy atom. The second-order valence-electron chi connectivity index (χ2n) is 3.81. The molecule has 5 nitrogen and oxygen atoms in total. The zero-order valence-electron chi connectivity index (χ0n) is 10.4. The lowest BCUT2D eigenvalue weighted by Crippen LogP contribution is -2.03. The smallest absolute Gasteiger partial charge is 0.295 e. The second kappa shape index (κ2) is 6.19. The number of nitro groups is 1. The second-order valence-corrected chi connectivity index (χ2v) is 5.66. The Balaban J connectivity index is 2.29. The van der Waals surface area contributed by atoms with E-state index >= 15 is 0 Å². The molecule has 1 N–H and O–H groups in total. The summed E-state index contributed by atoms with van der Waals surface area (Å²) in [6, 6.07) is 4.03. The van der Waals surface area contributed by atoms with Crippen molar-refractivity contribution in [3.8, 4) is 5.75 Å². The molecule has 2 rings (SSSR count). The maximum Gasteiger partial charge on any atom is 0.295 e. The first-order chi connectivity index (χ1) is 9.52. The molecule has 8 heteroatoms. The Kier molecular flexibility index (Phi) is 4.56. The molecule has 0 aliphatic rings. The summed E-state index contributed by atoms with van der Waals surface area (Å²) in [5.41, 5.74) is -0.107. The molecule has 0 saturated carbocycles. The van der Waals surface area contributed by atoms with Crippen LogP contribution in [0.4, 0.5) is 15.8 Å². The largest absolute Gasteiger partial charge is 0.494 e. The van der Waals surface area contributed by atoms with Gasteiger partial charge in [-0.05, 0) is 27.4 Å². The molecule has 0 spiro atoms. The first kappa shape index (κ1) is 14.7. The summed E-state index contributed by atoms with van der Waals surface area (Å²) in [4.78, 5) is 11.3. The van der Waals surface area contributed by atoms with Gasteiger partial charge in [-0.1, -0.05) is 0 Å². The number of halogens is 2. The van der Waals surface area contributed by atoms with Gasteiger partial charge in [-0.3, -0.25) is 10.1 Å². The summed E-state index contributed by atoms with van der Waals surface area (Å²) >= 11 is 4.89. The van der Waals surface area contributed by atoms with Gasteiger partial charge in [-0.2, -0.15) is 0 Å². The highest BCUT2D eigenvalue weighted by atomic mass is 79.9. The van der Waals surface area contributed by atoms with Crippen molar-refractivity contribution in [2.45, 2.75) is 6.54 Å². The molecule has 0 atom stereocenters. The van der Waals surface area contributed by atoms with Crippen LogP contribution in [0.15, 0.2) is 28.1 Å². The van der Waals surface area contributed by atoms with Crippen LogP contribution in [0.1, 0.15) is 4.88 Å². The molecule has 0 aliphatic heterocycles. The number of benzene rings is 1. The normalized spacial score (nSPS) is 10.3. The number of anilines is 1. The quantitative estimate of drug-likeness (QED) is 0.641. The zero-order valence-corrected chi connectivity index (χ0v) is 12.8. The van der Waals surface area contributed by atoms with Crippen molar-refractivity contribution in [1.29, 1.82) is 0 Å². The highest BCUT2D eigenvalue weighted by Crippen LogP contribution is 2.33. The predicted molar refractivity (Wildman–Crippen MR) is 79.0 cm³/mol. The lowest BCUT2D eigenvalue weighted by Gasteiger charge is -2.09. The lowest BCUT2D eigenvalue weighted by molar-refractivity contribution is -0.384. The minimum absolute atomic E-state index is 0.0386. The first-order valence-electron chi connectivity index (χ1n) is 5.50. The van der Waals surface area contributed by atoms with Crippen LogP contribution in [0.25, 0.3) is 0 Å². The summed E-state index contributed by atoms with van der Waals surface area (Å²) in [6.07, 6.45) is 0. The zero-order chi connectivity index (χ0) is 14.7. The van der Waals surface area contributed by atoms with Crippen LogP contribution in [0.2, 0.25) is 0 Å². The van der Waals surface area contributed by atoms with Gasteiger partial charge < -0.3 is 10.1 Å². The molecule has 2 aromatic rings. The van der Waals surface area contributed by atoms with E-state index in [2.05, 4.69) is 21.2 Å². The third-order valence-electron chi connectivity index (χ3n) is 2.60. The van der Waals surface area contributed by atoms with E-state index in [0.29, 0.717) is 6.54 Å². The van der Waals surface area contributed by atoms with Crippen molar-refractivity contribution in [2.24, 2.45) is 0 Å². The topological polar surface area (TPSA) is 64.4 Å². The van der Waals surface area contributed by atoms with E-state index in [1.807, 2.05) is 11.4 Å². The third kappa shape index (κ3) is 3.07. The lowest BCUT2D eigenvalue weighted by atomic mass is 10.2. The van der Waals surface area contributed by atoms with Crippen LogP contribution >= 0.6 is 27.3 Å². The standard InChI is InChI=1S/C12H10BrFN2O3S/c1-19-11-5-9(10(16(17)18)4-8(11)14)15-6-12-7(13)2-3-20-12/h2-5,15H,6H2,1H3. The molecule has 1 aromatic heterocycles. The fraction of sp³-hybridized carbons (Fsp3) is 0.167. The Morgan fingerprint density at radius 2 is 2.30 bits per heavy atom. The highest BCUT2D eigenvalue weighted by molar-refractivity contribution is 9.10. The average Bonchev–Trinajstić information content (AvgIpc) is 2.82. The van der Waals surface area contributed by atoms with Crippen molar-refractivity contribution in [2.75, 3.05) is 12.4 Å². The number of nitrogens with zero attached hydrogens (tertiary/aromatic N) is 1. The number of nitrogens with one attached hydrogen (secondary N) is 1. The van der Waals surface area contributed by atoms with E-state index in [9.17, 15) is 14.5 Å². The van der Waals surface area contributed by atoms with E-state index < -0.39 is 10.7 Å². The molecule has 0 amide bonds. The minimum atomic E-state index is -0.762. The number of methoxy groups -OCH3 is 1. The van der Waals surface area contributed by atoms with Gasteiger partial charge in [0.2, 0.25) is 0 Å². The molecule has 106 valence electrons. The van der Waals surface area contributed by atoms with Crippen molar-refractivity contribution >= 4 is 38.6 Å². The number of nitro benzene ring substituents is 1. The van der Waals surface area contributed by atoms with Crippen molar-refractivity contribution in [3.05, 3.63) is 48.9 Å². The van der Waals surface area contributed by atoms with Crippen LogP contribution in [0.3, 0.4) is 0 Å². The Hall–Kier alpha value is -1.67. The van der Waals surface area contributed by atoms with E-state index in [4.69, 9.17) is 4.74 Å². The number of rotatable bonds is 5. The van der Waals surface area contributed by atoms with Gasteiger partial charge in [-0.15, -0.1) is 11.3 Å². The number of hydrogen-bond donors (Lipinski definition) is 1. The van der Waals surface area contributed by atoms with Gasteiger partial charge >= 0.3 is 0 Å². The van der Waals surface area contributed by atoms with Gasteiger partial charge in [0.05, 0.1) is 24.6 Å². The van der Waals surface area contributed by atoms with Gasteiger partial charge in [-0.25, -0.2) is 4.39 Å². The van der Waals surface area contributed by atoms with Crippen LogP contribution in [-0.2, 0) is 6.54 Å². The van der Waals surface area contributed by atoms with Crippen LogP contribution in [-0.4, -0.2) is 12.0 Å². The summed E-state index contributed by atoms with van der Waals surface area (Å²) in [5, 5.41) is 15.8. The fourth-order valence-electron chi connectivity index (χ4n) is 1.62. The van der Waals surface area contributed by atoms with Crippen molar-refractivity contribution in [1.82, 2.24) is 0 Å². The average molecular weight is 361 g/mol. The fourth-order valence-corrected chi connectivity index (χ4v) is 3.05. The molecule has 0 bridgehead atoms. The molecule has 1 heterocycles. The van der Waals surface area contributed by atoms with Crippen LogP contribution in [0.5, 0.6) is 5.75 Å². The predicted octanol–water partition coefficient (Wildman–Crippen LogP) is 4.18. The molecular weight excluding hydrogens is 351 g/mol. The molecule has 0 aliphatic carbocycles. The van der Waals surface area contributed by atoms with Gasteiger partial charge in [0.25, 0.3) is 5.69 Å². The summed E-state index contributed by atoms with van der Waals surface area (Å²) in [6.45, 7) is 0.397. The van der Waals surface area contributed by atoms with Gasteiger partial charge in [0.1, 0.15) is 5.69 Å². The van der Waals surface area contributed by atoms with E-state index in [1.54, 1.807) is 0 Å². The van der Waals surface area contributed by atoms with Crippen LogP contribution < -0.4 is 10.1 Å². The van der Waals surface area contributed by atoms with Gasteiger partial charge in [0, 0.05) is 15.4 Å². The first-order valence-corrected chi connectivity index (χ1v) is 7.18. The SMILES string of the molecule is COc1cc(NCc2sccc2Br)c([N+](=O)[O-])cc1F. The molecular formula is C12H10BrFN2O3S. The van der Waals surface area contributed by atoms with E-state index in [-0.39, 0.29) is 17.1 Å². The summed E-state index contributed by atoms with van der Waals surface area (Å²) < 4.78 is 19.3. The summed E-state index contributed by atoms with van der Waals surface area (Å²) in [5.74, 6) is -0.801. The number of hydrogen-bond acceptors (Lipinski definition) is 5. The molecule has 1 aromatic carbocycles.